The van der Waals surface area contributed by atoms with Crippen LogP contribution in [0.3, 0.4) is 0 Å². The molecule has 16 heavy (non-hydrogen) atoms. The quantitative estimate of drug-likeness (QED) is 0.323. The average molecular weight is 383 g/mol. The first-order valence-corrected chi connectivity index (χ1v) is 4.18. The SMILES string of the molecule is N#C[S-].N#C[S-].N#C[S-].N#C[S-].N#C[S-].[Nb+5]. The molecule has 0 aromatic carbocycles. The Balaban J connectivity index is -0.0000000192. The van der Waals surface area contributed by atoms with Crippen LogP contribution < -0.4 is 0 Å². The van der Waals surface area contributed by atoms with Crippen LogP contribution in [0.1, 0.15) is 0 Å². The molecular weight excluding hydrogens is 383 g/mol. The molecule has 0 N–H and O–H groups in total. The molecule has 0 aliphatic carbocycles. The maximum absolute atomic E-state index is 7.13. The molecule has 0 rings (SSSR count). The van der Waals surface area contributed by atoms with Gasteiger partial charge in [0, 0.05) is 0 Å². The number of rotatable bonds is 0. The van der Waals surface area contributed by atoms with E-state index in [9.17, 15) is 0 Å². The summed E-state index contributed by atoms with van der Waals surface area (Å²) < 4.78 is 0. The summed E-state index contributed by atoms with van der Waals surface area (Å²) >= 11 is 18.5. The van der Waals surface area contributed by atoms with E-state index in [1.165, 1.54) is 27.0 Å². The van der Waals surface area contributed by atoms with Gasteiger partial charge in [-0.2, -0.15) is 0 Å². The zero-order valence-corrected chi connectivity index (χ0v) is 13.5. The van der Waals surface area contributed by atoms with Gasteiger partial charge in [0.25, 0.3) is 0 Å². The van der Waals surface area contributed by atoms with Crippen molar-refractivity contribution in [2.24, 2.45) is 0 Å². The van der Waals surface area contributed by atoms with E-state index in [-0.39, 0.29) is 22.4 Å². The predicted molar refractivity (Wildman–Crippen MR) is 64.9 cm³/mol. The Labute approximate surface area is 138 Å². The van der Waals surface area contributed by atoms with E-state index in [4.69, 9.17) is 26.3 Å². The van der Waals surface area contributed by atoms with Crippen LogP contribution in [0.4, 0.5) is 0 Å². The van der Waals surface area contributed by atoms with Gasteiger partial charge in [-0.1, -0.05) is 27.0 Å². The van der Waals surface area contributed by atoms with E-state index in [0.29, 0.717) is 0 Å². The molecule has 0 aliphatic rings. The molecular formula is C5N5NbS5. The van der Waals surface area contributed by atoms with Crippen molar-refractivity contribution in [1.29, 1.82) is 26.3 Å². The van der Waals surface area contributed by atoms with Gasteiger partial charge in [-0.15, -0.1) is 0 Å². The van der Waals surface area contributed by atoms with E-state index in [2.05, 4.69) is 63.1 Å². The number of hydrogen-bond acceptors (Lipinski definition) is 10. The number of hydrogen-bond donors (Lipinski definition) is 0. The Morgan fingerprint density at radius 1 is 0.438 bits per heavy atom. The summed E-state index contributed by atoms with van der Waals surface area (Å²) in [6, 6.07) is 0. The number of thiocyanates is 5. The molecule has 11 heteroatoms. The summed E-state index contributed by atoms with van der Waals surface area (Å²) in [6.07, 6.45) is 0. The Hall–Kier alpha value is -0.710. The molecule has 0 bridgehead atoms. The van der Waals surface area contributed by atoms with Gasteiger partial charge in [0.2, 0.25) is 0 Å². The Morgan fingerprint density at radius 3 is 0.438 bits per heavy atom. The molecule has 0 amide bonds. The first kappa shape index (κ1) is 36.2. The van der Waals surface area contributed by atoms with Gasteiger partial charge < -0.3 is 63.1 Å². The van der Waals surface area contributed by atoms with Crippen molar-refractivity contribution in [3.05, 3.63) is 0 Å². The van der Waals surface area contributed by atoms with Crippen LogP contribution in [0, 0.1) is 53.3 Å². The van der Waals surface area contributed by atoms with Crippen molar-refractivity contribution >= 4 is 63.1 Å². The summed E-state index contributed by atoms with van der Waals surface area (Å²) in [5, 5.41) is 42.3. The summed E-state index contributed by atoms with van der Waals surface area (Å²) in [5.41, 5.74) is 0. The zero-order valence-electron chi connectivity index (χ0n) is 7.22. The third-order valence-corrected chi connectivity index (χ3v) is 0. The van der Waals surface area contributed by atoms with Crippen LogP contribution in [0.5, 0.6) is 0 Å². The molecule has 0 unspecified atom stereocenters. The fraction of sp³-hybridized carbons (Fsp3) is 0. The zero-order chi connectivity index (χ0) is 13.5. The third-order valence-electron chi connectivity index (χ3n) is 0. The van der Waals surface area contributed by atoms with Crippen LogP contribution in [0.15, 0.2) is 0 Å². The maximum Gasteiger partial charge on any atom is 5.00 e. The van der Waals surface area contributed by atoms with Crippen LogP contribution in [-0.2, 0) is 85.5 Å². The van der Waals surface area contributed by atoms with Gasteiger partial charge in [0.1, 0.15) is 0 Å². The third kappa shape index (κ3) is 3990. The molecule has 0 fully saturated rings. The van der Waals surface area contributed by atoms with E-state index >= 15 is 0 Å². The van der Waals surface area contributed by atoms with E-state index in [0.717, 1.165) is 0 Å². The molecule has 80 valence electrons. The van der Waals surface area contributed by atoms with E-state index in [1.54, 1.807) is 0 Å². The molecule has 0 aromatic rings. The Kier molecular flexibility index (Phi) is 310. The summed E-state index contributed by atoms with van der Waals surface area (Å²) in [5.74, 6) is 0. The van der Waals surface area contributed by atoms with Gasteiger partial charge in [0.15, 0.2) is 0 Å². The standard InChI is InChI=1S/5CHNS.Nb/c5*2-1-3;/h5*3H;/q;;;;;+5/p-5. The monoisotopic (exact) mass is 383 g/mol. The second-order valence-electron chi connectivity index (χ2n) is 0.456. The molecule has 0 spiro atoms. The van der Waals surface area contributed by atoms with Gasteiger partial charge in [0.05, 0.1) is 0 Å². The summed E-state index contributed by atoms with van der Waals surface area (Å²) in [6.45, 7) is 0. The van der Waals surface area contributed by atoms with Crippen molar-refractivity contribution < 1.29 is 22.4 Å². The smallest absolute Gasteiger partial charge is 0.696 e. The van der Waals surface area contributed by atoms with Crippen molar-refractivity contribution in [1.82, 2.24) is 0 Å². The van der Waals surface area contributed by atoms with Crippen LogP contribution in [-0.4, -0.2) is 0 Å². The van der Waals surface area contributed by atoms with Gasteiger partial charge in [-0.3, -0.25) is 0 Å². The van der Waals surface area contributed by atoms with Crippen LogP contribution in [0.2, 0.25) is 0 Å². The summed E-state index contributed by atoms with van der Waals surface area (Å²) in [4.78, 5) is 0. The fourth-order valence-electron chi connectivity index (χ4n) is 0. The molecule has 5 nitrogen and oxygen atoms in total. The largest absolute Gasteiger partial charge is 5.00 e. The Morgan fingerprint density at radius 2 is 0.438 bits per heavy atom. The molecule has 0 aliphatic heterocycles. The minimum absolute atomic E-state index is 0. The average Bonchev–Trinajstić information content (AvgIpc) is 2.09. The molecule has 0 atom stereocenters. The second kappa shape index (κ2) is 137. The number of nitrogens with zero attached hydrogens (tertiary/aromatic N) is 5. The van der Waals surface area contributed by atoms with Crippen LogP contribution in [0.25, 0.3) is 0 Å². The van der Waals surface area contributed by atoms with Gasteiger partial charge in [-0.25, -0.2) is 26.3 Å². The second-order valence-corrected chi connectivity index (χ2v) is 1.37. The molecule has 0 aromatic heterocycles. The van der Waals surface area contributed by atoms with E-state index in [1.807, 2.05) is 0 Å². The van der Waals surface area contributed by atoms with E-state index < -0.39 is 0 Å². The fourth-order valence-corrected chi connectivity index (χ4v) is 0. The van der Waals surface area contributed by atoms with Gasteiger partial charge in [-0.05, 0) is 0 Å². The minimum atomic E-state index is 0. The van der Waals surface area contributed by atoms with Crippen molar-refractivity contribution in [2.45, 2.75) is 0 Å². The van der Waals surface area contributed by atoms with Gasteiger partial charge >= 0.3 is 22.4 Å². The van der Waals surface area contributed by atoms with Crippen molar-refractivity contribution in [3.8, 4) is 27.0 Å². The topological polar surface area (TPSA) is 119 Å². The molecule has 0 saturated carbocycles. The van der Waals surface area contributed by atoms with Crippen molar-refractivity contribution in [3.63, 3.8) is 0 Å². The first-order valence-electron chi connectivity index (χ1n) is 2.14. The first-order chi connectivity index (χ1) is 7.07. The Bertz CT molecular complexity index is 206. The summed E-state index contributed by atoms with van der Waals surface area (Å²) in [7, 11) is 0. The number of nitriles is 5. The maximum atomic E-state index is 7.13. The van der Waals surface area contributed by atoms with Crippen molar-refractivity contribution in [2.75, 3.05) is 0 Å². The predicted octanol–water partition coefficient (Wildman–Crippen LogP) is 0.0694. The van der Waals surface area contributed by atoms with Crippen LogP contribution >= 0.6 is 0 Å². The molecule has 0 radical (unpaired) electrons. The normalized spacial score (nSPS) is 2.19. The molecule has 0 heterocycles. The minimum Gasteiger partial charge on any atom is -0.696 e. The molecule has 0 saturated heterocycles.